The molecule has 0 bridgehead atoms. The van der Waals surface area contributed by atoms with Crippen molar-refractivity contribution in [1.29, 1.82) is 0 Å². The van der Waals surface area contributed by atoms with Crippen LogP contribution in [0.25, 0.3) is 5.69 Å². The molecule has 5 rings (SSSR count). The summed E-state index contributed by atoms with van der Waals surface area (Å²) in [4.78, 5) is 17.7. The lowest BCUT2D eigenvalue weighted by molar-refractivity contribution is 0.214. The van der Waals surface area contributed by atoms with Crippen molar-refractivity contribution >= 4 is 5.71 Å². The van der Waals surface area contributed by atoms with Gasteiger partial charge >= 0.3 is 5.69 Å². The van der Waals surface area contributed by atoms with Gasteiger partial charge < -0.3 is 9.57 Å². The lowest BCUT2D eigenvalue weighted by Gasteiger charge is -2.16. The summed E-state index contributed by atoms with van der Waals surface area (Å²) in [7, 11) is 3.14. The molecule has 1 aliphatic rings. The van der Waals surface area contributed by atoms with Crippen LogP contribution in [-0.4, -0.2) is 32.6 Å². The minimum Gasteiger partial charge on any atom is -0.489 e. The lowest BCUT2D eigenvalue weighted by atomic mass is 10.00. The Bertz CT molecular complexity index is 1430. The van der Waals surface area contributed by atoms with Crippen molar-refractivity contribution in [3.63, 3.8) is 0 Å². The maximum absolute atomic E-state index is 12.6. The molecule has 0 N–H and O–H groups in total. The van der Waals surface area contributed by atoms with Crippen LogP contribution in [0.3, 0.4) is 0 Å². The molecule has 8 heteroatoms. The van der Waals surface area contributed by atoms with Gasteiger partial charge in [-0.1, -0.05) is 47.6 Å². The molecule has 178 valence electrons. The first-order valence-corrected chi connectivity index (χ1v) is 11.6. The number of nitrogens with zero attached hydrogens (tertiary/aromatic N) is 5. The average molecular weight is 470 g/mol. The average Bonchev–Trinajstić information content (AvgIpc) is 3.67. The normalized spacial score (nSPS) is 13.6. The van der Waals surface area contributed by atoms with Crippen LogP contribution in [0.5, 0.6) is 5.75 Å². The van der Waals surface area contributed by atoms with Crippen LogP contribution >= 0.6 is 0 Å². The minimum atomic E-state index is -0.286. The standard InChI is InChI=1S/C27H27N5O3/c1-18-16-21(26(28-34-3)20-8-5-4-6-9-20)14-15-25(18)35-17-23-22(19-12-13-19)10-7-11-24(23)32-27(33)31(2)29-30-32/h4-11,14-16,19H,12-13,17H2,1-3H3. The molecule has 0 amide bonds. The van der Waals surface area contributed by atoms with Crippen molar-refractivity contribution in [2.75, 3.05) is 7.11 Å². The third-order valence-corrected chi connectivity index (χ3v) is 6.20. The van der Waals surface area contributed by atoms with Gasteiger partial charge in [-0.25, -0.2) is 4.79 Å². The van der Waals surface area contributed by atoms with Crippen LogP contribution in [0.2, 0.25) is 0 Å². The molecular weight excluding hydrogens is 442 g/mol. The zero-order chi connectivity index (χ0) is 24.4. The van der Waals surface area contributed by atoms with E-state index in [-0.39, 0.29) is 5.69 Å². The van der Waals surface area contributed by atoms with Crippen molar-refractivity contribution < 1.29 is 9.57 Å². The number of hydrogen-bond donors (Lipinski definition) is 0. The van der Waals surface area contributed by atoms with Crippen molar-refractivity contribution in [1.82, 2.24) is 19.8 Å². The number of aryl methyl sites for hydroxylation is 2. The first-order valence-electron chi connectivity index (χ1n) is 11.6. The number of tetrazole rings is 1. The fourth-order valence-electron chi connectivity index (χ4n) is 4.26. The highest BCUT2D eigenvalue weighted by atomic mass is 16.6. The summed E-state index contributed by atoms with van der Waals surface area (Å²) in [6.45, 7) is 2.33. The monoisotopic (exact) mass is 469 g/mol. The number of benzene rings is 3. The first-order chi connectivity index (χ1) is 17.1. The van der Waals surface area contributed by atoms with Crippen molar-refractivity contribution in [2.45, 2.75) is 32.3 Å². The first kappa shape index (κ1) is 22.6. The van der Waals surface area contributed by atoms with Gasteiger partial charge in [0, 0.05) is 23.7 Å². The third-order valence-electron chi connectivity index (χ3n) is 6.20. The summed E-state index contributed by atoms with van der Waals surface area (Å²) in [6, 6.07) is 21.9. The van der Waals surface area contributed by atoms with Gasteiger partial charge in [0.2, 0.25) is 0 Å². The van der Waals surface area contributed by atoms with E-state index in [1.807, 2.05) is 67.6 Å². The van der Waals surface area contributed by atoms with Crippen LogP contribution in [0.1, 0.15) is 46.6 Å². The SMILES string of the molecule is CON=C(c1ccccc1)c1ccc(OCc2c(C3CC3)cccc2-n2nnn(C)c2=O)c(C)c1. The molecule has 0 radical (unpaired) electrons. The number of hydrogen-bond acceptors (Lipinski definition) is 6. The van der Waals surface area contributed by atoms with E-state index in [1.165, 1.54) is 14.9 Å². The Morgan fingerprint density at radius 1 is 1.03 bits per heavy atom. The largest absolute Gasteiger partial charge is 0.489 e. The van der Waals surface area contributed by atoms with Gasteiger partial charge in [-0.15, -0.1) is 0 Å². The van der Waals surface area contributed by atoms with Crippen LogP contribution in [0.15, 0.2) is 76.7 Å². The maximum Gasteiger partial charge on any atom is 0.368 e. The molecule has 3 aromatic carbocycles. The summed E-state index contributed by atoms with van der Waals surface area (Å²) in [5, 5.41) is 12.2. The van der Waals surface area contributed by atoms with E-state index in [4.69, 9.17) is 9.57 Å². The van der Waals surface area contributed by atoms with E-state index < -0.39 is 0 Å². The van der Waals surface area contributed by atoms with Crippen LogP contribution in [-0.2, 0) is 18.5 Å². The Morgan fingerprint density at radius 3 is 2.49 bits per heavy atom. The highest BCUT2D eigenvalue weighted by Crippen LogP contribution is 2.43. The van der Waals surface area contributed by atoms with Gasteiger partial charge in [0.25, 0.3) is 0 Å². The molecule has 0 atom stereocenters. The summed E-state index contributed by atoms with van der Waals surface area (Å²) < 4.78 is 8.88. The zero-order valence-corrected chi connectivity index (χ0v) is 20.0. The lowest BCUT2D eigenvalue weighted by Crippen LogP contribution is -2.23. The molecule has 0 unspecified atom stereocenters. The van der Waals surface area contributed by atoms with E-state index in [9.17, 15) is 4.79 Å². The Hall–Kier alpha value is -4.20. The number of oxime groups is 1. The van der Waals surface area contributed by atoms with Crippen LogP contribution in [0.4, 0.5) is 0 Å². The molecule has 8 nitrogen and oxygen atoms in total. The maximum atomic E-state index is 12.6. The van der Waals surface area contributed by atoms with E-state index in [2.05, 4.69) is 21.6 Å². The highest BCUT2D eigenvalue weighted by molar-refractivity contribution is 6.12. The van der Waals surface area contributed by atoms with Gasteiger partial charge in [-0.2, -0.15) is 9.36 Å². The van der Waals surface area contributed by atoms with Gasteiger partial charge in [0.05, 0.1) is 5.69 Å². The molecule has 1 saturated carbocycles. The Morgan fingerprint density at radius 2 is 1.83 bits per heavy atom. The smallest absolute Gasteiger partial charge is 0.368 e. The van der Waals surface area contributed by atoms with Crippen LogP contribution in [0, 0.1) is 6.92 Å². The zero-order valence-electron chi connectivity index (χ0n) is 20.0. The fraction of sp³-hybridized carbons (Fsp3) is 0.259. The molecular formula is C27H27N5O3. The summed E-state index contributed by atoms with van der Waals surface area (Å²) in [5.74, 6) is 1.25. The summed E-state index contributed by atoms with van der Waals surface area (Å²) >= 11 is 0. The van der Waals surface area contributed by atoms with Gasteiger partial charge in [-0.3, -0.25) is 0 Å². The third kappa shape index (κ3) is 4.59. The second-order valence-electron chi connectivity index (χ2n) is 8.67. The quantitative estimate of drug-likeness (QED) is 0.286. The predicted molar refractivity (Wildman–Crippen MR) is 133 cm³/mol. The molecule has 4 aromatic rings. The van der Waals surface area contributed by atoms with E-state index in [0.717, 1.165) is 46.6 Å². The van der Waals surface area contributed by atoms with Gasteiger partial charge in [0.15, 0.2) is 0 Å². The second kappa shape index (κ2) is 9.58. The molecule has 1 fully saturated rings. The van der Waals surface area contributed by atoms with Crippen molar-refractivity contribution in [2.24, 2.45) is 12.2 Å². The molecule has 0 aliphatic heterocycles. The Labute approximate surface area is 203 Å². The predicted octanol–water partition coefficient (Wildman–Crippen LogP) is 4.13. The molecule has 1 heterocycles. The second-order valence-corrected chi connectivity index (χ2v) is 8.67. The molecule has 0 spiro atoms. The van der Waals surface area contributed by atoms with E-state index >= 15 is 0 Å². The van der Waals surface area contributed by atoms with Gasteiger partial charge in [0.1, 0.15) is 25.2 Å². The van der Waals surface area contributed by atoms with Crippen LogP contribution < -0.4 is 10.4 Å². The van der Waals surface area contributed by atoms with E-state index in [1.54, 1.807) is 14.2 Å². The molecule has 35 heavy (non-hydrogen) atoms. The topological polar surface area (TPSA) is 83.5 Å². The van der Waals surface area contributed by atoms with E-state index in [0.29, 0.717) is 18.2 Å². The highest BCUT2D eigenvalue weighted by Gasteiger charge is 2.28. The molecule has 0 saturated heterocycles. The van der Waals surface area contributed by atoms with Crippen molar-refractivity contribution in [3.8, 4) is 11.4 Å². The fourth-order valence-corrected chi connectivity index (χ4v) is 4.26. The Kier molecular flexibility index (Phi) is 6.18. The summed E-state index contributed by atoms with van der Waals surface area (Å²) in [6.07, 6.45) is 2.28. The molecule has 1 aromatic heterocycles. The van der Waals surface area contributed by atoms with Gasteiger partial charge in [-0.05, 0) is 71.5 Å². The number of ether oxygens (including phenoxy) is 1. The number of aromatic nitrogens is 4. The Balaban J connectivity index is 1.45. The molecule has 1 aliphatic carbocycles. The number of rotatable bonds is 8. The summed E-state index contributed by atoms with van der Waals surface area (Å²) in [5.41, 5.74) is 6.23. The van der Waals surface area contributed by atoms with Crippen molar-refractivity contribution in [3.05, 3.63) is 105 Å². The minimum absolute atomic E-state index is 0.286.